The largest absolute Gasteiger partial charge is 0.465 e. The first-order valence-electron chi connectivity index (χ1n) is 21.6. The van der Waals surface area contributed by atoms with Crippen LogP contribution in [0, 0.1) is 76.4 Å². The maximum atomic E-state index is 12.4. The highest BCUT2D eigenvalue weighted by Gasteiger charge is 2.52. The molecule has 6 saturated carbocycles. The third-order valence-corrected chi connectivity index (χ3v) is 15.1. The Morgan fingerprint density at radius 2 is 1.22 bits per heavy atom. The van der Waals surface area contributed by atoms with E-state index in [9.17, 15) is 4.79 Å². The lowest BCUT2D eigenvalue weighted by molar-refractivity contribution is -0.142. The zero-order chi connectivity index (χ0) is 35.0. The number of hydrogen-bond donors (Lipinski definition) is 0. The molecule has 0 N–H and O–H groups in total. The minimum atomic E-state index is -0.0856. The lowest BCUT2D eigenvalue weighted by Crippen LogP contribution is -2.19. The monoisotopic (exact) mass is 681 g/mol. The fraction of sp³-hybridized carbons (Fsp3) is 0.771. The summed E-state index contributed by atoms with van der Waals surface area (Å²) in [4.78, 5) is 12.4. The summed E-state index contributed by atoms with van der Waals surface area (Å²) in [6, 6.07) is 0. The molecule has 0 saturated heterocycles. The maximum Gasteiger partial charge on any atom is 0.309 e. The van der Waals surface area contributed by atoms with E-state index in [1.165, 1.54) is 61.7 Å². The van der Waals surface area contributed by atoms with Gasteiger partial charge in [0.1, 0.15) is 0 Å². The van der Waals surface area contributed by atoms with Crippen molar-refractivity contribution in [3.05, 3.63) is 58.7 Å². The molecule has 276 valence electrons. The van der Waals surface area contributed by atoms with Gasteiger partial charge in [0.05, 0.1) is 13.0 Å². The minimum Gasteiger partial charge on any atom is -0.465 e. The molecule has 7 aliphatic carbocycles. The summed E-state index contributed by atoms with van der Waals surface area (Å²) in [6.07, 6.45) is 36.5. The Hall–Kier alpha value is -1.83. The molecule has 7 rings (SSSR count). The molecule has 0 radical (unpaired) electrons. The molecule has 7 aliphatic rings. The van der Waals surface area contributed by atoms with Crippen molar-refractivity contribution in [3.8, 4) is 0 Å². The molecule has 0 aliphatic heterocycles. The highest BCUT2D eigenvalue weighted by molar-refractivity contribution is 5.71. The van der Waals surface area contributed by atoms with E-state index >= 15 is 0 Å². The Balaban J connectivity index is 0.693. The molecule has 0 amide bonds. The number of allylic oxidation sites excluding steroid dienone is 9. The van der Waals surface area contributed by atoms with Gasteiger partial charge in [-0.15, -0.1) is 0 Å². The van der Waals surface area contributed by atoms with Crippen LogP contribution in [-0.2, 0) is 9.53 Å². The van der Waals surface area contributed by atoms with Crippen LogP contribution in [0.2, 0.25) is 0 Å². The van der Waals surface area contributed by atoms with Crippen molar-refractivity contribution in [1.82, 2.24) is 0 Å². The van der Waals surface area contributed by atoms with E-state index in [4.69, 9.17) is 4.74 Å². The fourth-order valence-corrected chi connectivity index (χ4v) is 10.9. The van der Waals surface area contributed by atoms with Gasteiger partial charge in [-0.25, -0.2) is 0 Å². The topological polar surface area (TPSA) is 26.3 Å². The minimum absolute atomic E-state index is 0.0856. The first-order valence-corrected chi connectivity index (χ1v) is 21.6. The van der Waals surface area contributed by atoms with Crippen molar-refractivity contribution < 1.29 is 9.53 Å². The third-order valence-electron chi connectivity index (χ3n) is 15.1. The molecular formula is C48H72O2. The Kier molecular flexibility index (Phi) is 11.4. The van der Waals surface area contributed by atoms with Crippen LogP contribution in [0.4, 0.5) is 0 Å². The summed E-state index contributed by atoms with van der Waals surface area (Å²) in [5, 5.41) is 0. The van der Waals surface area contributed by atoms with Crippen LogP contribution < -0.4 is 0 Å². The van der Waals surface area contributed by atoms with Crippen molar-refractivity contribution >= 4 is 5.97 Å². The van der Waals surface area contributed by atoms with Crippen LogP contribution in [-0.4, -0.2) is 12.6 Å². The number of esters is 1. The van der Waals surface area contributed by atoms with Crippen molar-refractivity contribution in [2.75, 3.05) is 6.61 Å². The Bertz CT molecular complexity index is 1370. The second kappa shape index (κ2) is 15.6. The highest BCUT2D eigenvalue weighted by atomic mass is 16.5. The quantitative estimate of drug-likeness (QED) is 0.0945. The lowest BCUT2D eigenvalue weighted by atomic mass is 9.72. The van der Waals surface area contributed by atoms with Crippen LogP contribution in [0.3, 0.4) is 0 Å². The lowest BCUT2D eigenvalue weighted by Gasteiger charge is -2.32. The normalized spacial score (nSPS) is 40.0. The molecule has 0 aromatic carbocycles. The summed E-state index contributed by atoms with van der Waals surface area (Å²) >= 11 is 0. The molecular weight excluding hydrogens is 609 g/mol. The van der Waals surface area contributed by atoms with E-state index in [0.29, 0.717) is 13.0 Å². The van der Waals surface area contributed by atoms with E-state index in [0.717, 1.165) is 83.0 Å². The van der Waals surface area contributed by atoms with Crippen LogP contribution in [0.25, 0.3) is 0 Å². The fourth-order valence-electron chi connectivity index (χ4n) is 10.9. The van der Waals surface area contributed by atoms with Gasteiger partial charge in [0.2, 0.25) is 0 Å². The van der Waals surface area contributed by atoms with E-state index in [-0.39, 0.29) is 11.4 Å². The average Bonchev–Trinajstić information content (AvgIpc) is 3.84. The van der Waals surface area contributed by atoms with Gasteiger partial charge in [-0.2, -0.15) is 0 Å². The molecule has 0 bridgehead atoms. The molecule has 12 unspecified atom stereocenters. The second-order valence-electron chi connectivity index (χ2n) is 19.8. The standard InChI is InChI=1S/C48H72O2/c1-7-34-20-36(34)22-38-24-40(38)26-42-28-44(42)30-45-29-43(45)27-41-25-39(41)23-37-21-35(37)17-19-50-47(49)16-14-32(3)11-8-10-31(2)13-15-46-33(4)12-9-18-48(46,5)6/h8,10-11,13-15,34-45H,7,9,12,16-30H2,1-6H3. The van der Waals surface area contributed by atoms with Gasteiger partial charge in [-0.1, -0.05) is 80.4 Å². The van der Waals surface area contributed by atoms with Crippen LogP contribution in [0.15, 0.2) is 58.7 Å². The Morgan fingerprint density at radius 3 is 1.74 bits per heavy atom. The van der Waals surface area contributed by atoms with Crippen molar-refractivity contribution in [3.63, 3.8) is 0 Å². The summed E-state index contributed by atoms with van der Waals surface area (Å²) in [5.41, 5.74) is 5.66. The smallest absolute Gasteiger partial charge is 0.309 e. The summed E-state index contributed by atoms with van der Waals surface area (Å²) in [5.74, 6) is 12.7. The van der Waals surface area contributed by atoms with Crippen LogP contribution in [0.5, 0.6) is 0 Å². The van der Waals surface area contributed by atoms with Gasteiger partial charge in [0.25, 0.3) is 0 Å². The molecule has 0 spiro atoms. The molecule has 0 heterocycles. The van der Waals surface area contributed by atoms with Crippen molar-refractivity contribution in [1.29, 1.82) is 0 Å². The van der Waals surface area contributed by atoms with Gasteiger partial charge in [-0.05, 0) is 199 Å². The molecule has 6 fully saturated rings. The molecule has 2 nitrogen and oxygen atoms in total. The van der Waals surface area contributed by atoms with Gasteiger partial charge in [-0.3, -0.25) is 4.79 Å². The number of rotatable bonds is 20. The highest BCUT2D eigenvalue weighted by Crippen LogP contribution is 2.62. The van der Waals surface area contributed by atoms with Crippen LogP contribution in [0.1, 0.15) is 151 Å². The summed E-state index contributed by atoms with van der Waals surface area (Å²) in [6.45, 7) is 14.2. The van der Waals surface area contributed by atoms with Crippen LogP contribution >= 0.6 is 0 Å². The zero-order valence-corrected chi connectivity index (χ0v) is 32.9. The number of ether oxygens (including phenoxy) is 1. The molecule has 50 heavy (non-hydrogen) atoms. The predicted octanol–water partition coefficient (Wildman–Crippen LogP) is 13.0. The predicted molar refractivity (Wildman–Crippen MR) is 209 cm³/mol. The second-order valence-corrected chi connectivity index (χ2v) is 19.8. The maximum absolute atomic E-state index is 12.4. The number of hydrogen-bond acceptors (Lipinski definition) is 2. The van der Waals surface area contributed by atoms with E-state index < -0.39 is 0 Å². The first-order chi connectivity index (χ1) is 24.1. The average molecular weight is 681 g/mol. The van der Waals surface area contributed by atoms with E-state index in [1.54, 1.807) is 51.4 Å². The van der Waals surface area contributed by atoms with Gasteiger partial charge in [0, 0.05) is 0 Å². The van der Waals surface area contributed by atoms with Crippen molar-refractivity contribution in [2.45, 2.75) is 151 Å². The third kappa shape index (κ3) is 10.4. The molecule has 2 heteroatoms. The van der Waals surface area contributed by atoms with Gasteiger partial charge < -0.3 is 4.74 Å². The Morgan fingerprint density at radius 1 is 0.720 bits per heavy atom. The SMILES string of the molecule is CCC1CC1CC1CC1CC1CC1CC1CC1CC1CC1CC1CC1CCOC(=O)CC=C(C)C=CC=C(C)C=CC1=C(C)CCCC1(C)C. The van der Waals surface area contributed by atoms with Crippen molar-refractivity contribution in [2.24, 2.45) is 76.4 Å². The first kappa shape index (κ1) is 36.5. The molecule has 0 aromatic heterocycles. The van der Waals surface area contributed by atoms with Gasteiger partial charge >= 0.3 is 5.97 Å². The summed E-state index contributed by atoms with van der Waals surface area (Å²) in [7, 11) is 0. The number of carbonyl (C=O) groups is 1. The molecule has 0 aromatic rings. The number of carbonyl (C=O) groups excluding carboxylic acids is 1. The summed E-state index contributed by atoms with van der Waals surface area (Å²) < 4.78 is 5.63. The van der Waals surface area contributed by atoms with E-state index in [2.05, 4.69) is 71.9 Å². The van der Waals surface area contributed by atoms with Gasteiger partial charge in [0.15, 0.2) is 0 Å². The van der Waals surface area contributed by atoms with E-state index in [1.807, 2.05) is 6.08 Å². The molecule has 12 atom stereocenters. The zero-order valence-electron chi connectivity index (χ0n) is 32.9. The Labute approximate surface area is 307 Å².